The summed E-state index contributed by atoms with van der Waals surface area (Å²) in [6.07, 6.45) is 1.59. The van der Waals surface area contributed by atoms with Gasteiger partial charge in [-0.25, -0.2) is 13.9 Å². The van der Waals surface area contributed by atoms with Gasteiger partial charge in [0.2, 0.25) is 0 Å². The molecule has 0 spiro atoms. The molecule has 0 N–H and O–H groups in total. The number of carbonyl (C=O) groups excluding carboxylic acids is 1. The molecule has 7 heteroatoms. The minimum atomic E-state index is -0.781. The summed E-state index contributed by atoms with van der Waals surface area (Å²) in [5.74, 6) is -1.59. The number of ether oxygens (including phenoxy) is 2. The van der Waals surface area contributed by atoms with Crippen molar-refractivity contribution in [1.29, 1.82) is 0 Å². The summed E-state index contributed by atoms with van der Waals surface area (Å²) in [7, 11) is 1.33. The van der Waals surface area contributed by atoms with Gasteiger partial charge in [-0.05, 0) is 26.0 Å². The fourth-order valence-corrected chi connectivity index (χ4v) is 1.76. The highest BCUT2D eigenvalue weighted by molar-refractivity contribution is 5.94. The molecule has 0 unspecified atom stereocenters. The molecule has 0 saturated carbocycles. The number of rotatable bonds is 4. The minimum Gasteiger partial charge on any atom is -0.494 e. The molecule has 0 bridgehead atoms. The van der Waals surface area contributed by atoms with E-state index in [9.17, 15) is 9.18 Å². The van der Waals surface area contributed by atoms with E-state index in [2.05, 4.69) is 10.3 Å². The number of halogens is 1. The summed E-state index contributed by atoms with van der Waals surface area (Å²) in [6, 6.07) is 2.95. The number of benzene rings is 1. The second-order valence-electron chi connectivity index (χ2n) is 4.00. The van der Waals surface area contributed by atoms with Gasteiger partial charge in [-0.3, -0.25) is 0 Å². The molecule has 0 aliphatic heterocycles. The maximum absolute atomic E-state index is 14.3. The Morgan fingerprint density at radius 1 is 1.45 bits per heavy atom. The fourth-order valence-electron chi connectivity index (χ4n) is 1.76. The van der Waals surface area contributed by atoms with Gasteiger partial charge in [0.05, 0.1) is 31.3 Å². The van der Waals surface area contributed by atoms with Gasteiger partial charge in [0.1, 0.15) is 5.56 Å². The zero-order chi connectivity index (χ0) is 14.7. The molecule has 20 heavy (non-hydrogen) atoms. The molecule has 0 aliphatic rings. The highest BCUT2D eigenvalue weighted by Crippen LogP contribution is 2.26. The van der Waals surface area contributed by atoms with E-state index < -0.39 is 11.8 Å². The van der Waals surface area contributed by atoms with Crippen molar-refractivity contribution >= 4 is 5.97 Å². The van der Waals surface area contributed by atoms with Crippen LogP contribution in [0.4, 0.5) is 4.39 Å². The summed E-state index contributed by atoms with van der Waals surface area (Å²) >= 11 is 0. The average molecular weight is 279 g/mol. The minimum absolute atomic E-state index is 0.0337. The molecule has 1 heterocycles. The van der Waals surface area contributed by atoms with Crippen LogP contribution in [0.5, 0.6) is 5.75 Å². The molecule has 106 valence electrons. The molecule has 1 aromatic heterocycles. The van der Waals surface area contributed by atoms with Gasteiger partial charge in [0, 0.05) is 0 Å². The van der Waals surface area contributed by atoms with E-state index in [-0.39, 0.29) is 23.6 Å². The first-order chi connectivity index (χ1) is 9.58. The Bertz CT molecular complexity index is 640. The number of aromatic nitrogens is 3. The Balaban J connectivity index is 2.61. The Kier molecular flexibility index (Phi) is 3.97. The normalized spacial score (nSPS) is 10.4. The van der Waals surface area contributed by atoms with Crippen molar-refractivity contribution in [1.82, 2.24) is 15.0 Å². The number of esters is 1. The molecule has 2 rings (SSSR count). The Labute approximate surface area is 115 Å². The second-order valence-corrected chi connectivity index (χ2v) is 4.00. The van der Waals surface area contributed by atoms with Crippen LogP contribution < -0.4 is 4.74 Å². The topological polar surface area (TPSA) is 66.2 Å². The van der Waals surface area contributed by atoms with Crippen molar-refractivity contribution in [3.63, 3.8) is 0 Å². The van der Waals surface area contributed by atoms with Crippen LogP contribution in [0.1, 0.15) is 23.0 Å². The zero-order valence-electron chi connectivity index (χ0n) is 11.4. The predicted octanol–water partition coefficient (Wildman–Crippen LogP) is 1.90. The molecule has 0 atom stereocenters. The van der Waals surface area contributed by atoms with Crippen molar-refractivity contribution < 1.29 is 18.7 Å². The molecule has 0 amide bonds. The lowest BCUT2D eigenvalue weighted by Crippen LogP contribution is -2.13. The van der Waals surface area contributed by atoms with E-state index in [1.165, 1.54) is 23.9 Å². The summed E-state index contributed by atoms with van der Waals surface area (Å²) < 4.78 is 25.4. The summed E-state index contributed by atoms with van der Waals surface area (Å²) in [4.78, 5) is 12.0. The number of hydrogen-bond donors (Lipinski definition) is 0. The second kappa shape index (κ2) is 5.68. The molecule has 0 aliphatic carbocycles. The van der Waals surface area contributed by atoms with Crippen LogP contribution in [0, 0.1) is 12.7 Å². The molecular weight excluding hydrogens is 265 g/mol. The third-order valence-corrected chi connectivity index (χ3v) is 2.64. The highest BCUT2D eigenvalue weighted by atomic mass is 19.1. The summed E-state index contributed by atoms with van der Waals surface area (Å²) in [5.41, 5.74) is 0.675. The molecule has 6 nitrogen and oxygen atoms in total. The Hall–Kier alpha value is -2.44. The quantitative estimate of drug-likeness (QED) is 0.800. The Morgan fingerprint density at radius 3 is 2.75 bits per heavy atom. The van der Waals surface area contributed by atoms with E-state index in [0.29, 0.717) is 5.69 Å². The number of carbonyl (C=O) groups is 1. The van der Waals surface area contributed by atoms with Crippen LogP contribution in [0.15, 0.2) is 18.3 Å². The van der Waals surface area contributed by atoms with Gasteiger partial charge < -0.3 is 9.47 Å². The van der Waals surface area contributed by atoms with Crippen LogP contribution in [-0.4, -0.2) is 34.7 Å². The molecule has 1 aromatic carbocycles. The average Bonchev–Trinajstić information content (AvgIpc) is 2.85. The van der Waals surface area contributed by atoms with E-state index in [1.807, 2.05) is 0 Å². The highest BCUT2D eigenvalue weighted by Gasteiger charge is 2.23. The standard InChI is InChI=1S/C13H14FN3O3/c1-4-20-13(18)11-9(17-7-8(2)15-16-17)5-6-10(19-3)12(11)14/h5-7H,4H2,1-3H3. The number of aryl methyl sites for hydroxylation is 1. The lowest BCUT2D eigenvalue weighted by atomic mass is 10.1. The van der Waals surface area contributed by atoms with Crippen LogP contribution in [-0.2, 0) is 4.74 Å². The lowest BCUT2D eigenvalue weighted by Gasteiger charge is -2.11. The van der Waals surface area contributed by atoms with Gasteiger partial charge in [-0.15, -0.1) is 5.10 Å². The van der Waals surface area contributed by atoms with E-state index in [1.54, 1.807) is 20.0 Å². The number of nitrogens with zero attached hydrogens (tertiary/aromatic N) is 3. The van der Waals surface area contributed by atoms with Crippen LogP contribution in [0.3, 0.4) is 0 Å². The third kappa shape index (κ3) is 2.47. The molecule has 0 saturated heterocycles. The number of methoxy groups -OCH3 is 1. The number of hydrogen-bond acceptors (Lipinski definition) is 5. The van der Waals surface area contributed by atoms with Gasteiger partial charge in [0.25, 0.3) is 0 Å². The van der Waals surface area contributed by atoms with Gasteiger partial charge in [0.15, 0.2) is 11.6 Å². The van der Waals surface area contributed by atoms with Crippen molar-refractivity contribution in [2.45, 2.75) is 13.8 Å². The molecule has 0 radical (unpaired) electrons. The maximum Gasteiger partial charge on any atom is 0.343 e. The van der Waals surface area contributed by atoms with E-state index >= 15 is 0 Å². The van der Waals surface area contributed by atoms with Crippen molar-refractivity contribution in [2.24, 2.45) is 0 Å². The van der Waals surface area contributed by atoms with Gasteiger partial charge >= 0.3 is 5.97 Å². The third-order valence-electron chi connectivity index (χ3n) is 2.64. The van der Waals surface area contributed by atoms with E-state index in [0.717, 1.165) is 0 Å². The largest absolute Gasteiger partial charge is 0.494 e. The Morgan fingerprint density at radius 2 is 2.20 bits per heavy atom. The molecule has 2 aromatic rings. The first-order valence-corrected chi connectivity index (χ1v) is 6.01. The van der Waals surface area contributed by atoms with Crippen molar-refractivity contribution in [3.8, 4) is 11.4 Å². The fraction of sp³-hybridized carbons (Fsp3) is 0.308. The molecular formula is C13H14FN3O3. The van der Waals surface area contributed by atoms with Crippen LogP contribution in [0.25, 0.3) is 5.69 Å². The SMILES string of the molecule is CCOC(=O)c1c(-n2cc(C)nn2)ccc(OC)c1F. The van der Waals surface area contributed by atoms with Gasteiger partial charge in [-0.1, -0.05) is 5.21 Å². The maximum atomic E-state index is 14.3. The zero-order valence-corrected chi connectivity index (χ0v) is 11.4. The van der Waals surface area contributed by atoms with Crippen LogP contribution in [0.2, 0.25) is 0 Å². The van der Waals surface area contributed by atoms with Crippen molar-refractivity contribution in [2.75, 3.05) is 13.7 Å². The predicted molar refractivity (Wildman–Crippen MR) is 68.6 cm³/mol. The van der Waals surface area contributed by atoms with Gasteiger partial charge in [-0.2, -0.15) is 0 Å². The first-order valence-electron chi connectivity index (χ1n) is 6.01. The van der Waals surface area contributed by atoms with Crippen molar-refractivity contribution in [3.05, 3.63) is 35.4 Å². The summed E-state index contributed by atoms with van der Waals surface area (Å²) in [5, 5.41) is 7.66. The van der Waals surface area contributed by atoms with E-state index in [4.69, 9.17) is 9.47 Å². The smallest absolute Gasteiger partial charge is 0.343 e. The first kappa shape index (κ1) is 14.0. The molecule has 0 fully saturated rings. The summed E-state index contributed by atoms with van der Waals surface area (Å²) in [6.45, 7) is 3.54. The van der Waals surface area contributed by atoms with Crippen LogP contribution >= 0.6 is 0 Å². The monoisotopic (exact) mass is 279 g/mol. The lowest BCUT2D eigenvalue weighted by molar-refractivity contribution is 0.0520.